The zero-order valence-electron chi connectivity index (χ0n) is 12.4. The van der Waals surface area contributed by atoms with Gasteiger partial charge in [-0.1, -0.05) is 48.5 Å². The molecule has 1 atom stereocenters. The fourth-order valence-corrected chi connectivity index (χ4v) is 2.87. The molecule has 0 saturated heterocycles. The smallest absolute Gasteiger partial charge is 0.0351 e. The number of benzene rings is 2. The summed E-state index contributed by atoms with van der Waals surface area (Å²) in [6.45, 7) is 5.37. The molecule has 0 heterocycles. The third kappa shape index (κ3) is 2.94. The van der Waals surface area contributed by atoms with Crippen LogP contribution < -0.4 is 5.32 Å². The van der Waals surface area contributed by atoms with Crippen molar-refractivity contribution in [3.05, 3.63) is 70.8 Å². The minimum atomic E-state index is 0.510. The Labute approximate surface area is 122 Å². The molecular formula is C19H23N. The Morgan fingerprint density at radius 2 is 1.75 bits per heavy atom. The van der Waals surface area contributed by atoms with Crippen molar-refractivity contribution in [2.45, 2.75) is 39.3 Å². The number of hydrogen-bond donors (Lipinski definition) is 1. The van der Waals surface area contributed by atoms with E-state index in [1.165, 1.54) is 35.1 Å². The molecule has 0 aliphatic heterocycles. The van der Waals surface area contributed by atoms with Crippen molar-refractivity contribution in [3.8, 4) is 0 Å². The van der Waals surface area contributed by atoms with E-state index < -0.39 is 0 Å². The van der Waals surface area contributed by atoms with Crippen molar-refractivity contribution in [3.63, 3.8) is 0 Å². The number of aryl methyl sites for hydroxylation is 1. The predicted octanol–water partition coefficient (Wildman–Crippen LogP) is 4.54. The Balaban J connectivity index is 1.73. The van der Waals surface area contributed by atoms with Crippen LogP contribution in [0.3, 0.4) is 0 Å². The topological polar surface area (TPSA) is 12.0 Å². The van der Waals surface area contributed by atoms with Crippen LogP contribution >= 0.6 is 0 Å². The molecule has 2 aromatic rings. The molecule has 0 aromatic heterocycles. The molecule has 1 unspecified atom stereocenters. The zero-order valence-corrected chi connectivity index (χ0v) is 12.4. The van der Waals surface area contributed by atoms with Gasteiger partial charge in [0.2, 0.25) is 0 Å². The summed E-state index contributed by atoms with van der Waals surface area (Å²) in [5.41, 5.74) is 5.65. The van der Waals surface area contributed by atoms with Crippen LogP contribution in [0.2, 0.25) is 0 Å². The van der Waals surface area contributed by atoms with E-state index in [1.54, 1.807) is 0 Å². The van der Waals surface area contributed by atoms with Crippen LogP contribution in [0.15, 0.2) is 48.5 Å². The van der Waals surface area contributed by atoms with Gasteiger partial charge < -0.3 is 5.32 Å². The summed E-state index contributed by atoms with van der Waals surface area (Å²) in [5.74, 6) is 0.822. The summed E-state index contributed by atoms with van der Waals surface area (Å²) in [5, 5.41) is 3.78. The van der Waals surface area contributed by atoms with E-state index in [0.29, 0.717) is 6.04 Å². The van der Waals surface area contributed by atoms with Gasteiger partial charge in [-0.2, -0.15) is 0 Å². The molecule has 0 spiro atoms. The Morgan fingerprint density at radius 1 is 1.00 bits per heavy atom. The van der Waals surface area contributed by atoms with Gasteiger partial charge in [0.05, 0.1) is 0 Å². The van der Waals surface area contributed by atoms with Gasteiger partial charge in [0.1, 0.15) is 0 Å². The van der Waals surface area contributed by atoms with Crippen molar-refractivity contribution in [1.82, 2.24) is 5.32 Å². The Hall–Kier alpha value is -1.60. The van der Waals surface area contributed by atoms with Gasteiger partial charge in [-0.3, -0.25) is 0 Å². The molecule has 0 bridgehead atoms. The van der Waals surface area contributed by atoms with Gasteiger partial charge >= 0.3 is 0 Å². The minimum absolute atomic E-state index is 0.510. The molecule has 1 heteroatoms. The number of nitrogens with one attached hydrogen (secondary N) is 1. The molecular weight excluding hydrogens is 242 g/mol. The lowest BCUT2D eigenvalue weighted by Gasteiger charge is -2.20. The molecule has 3 rings (SSSR count). The fourth-order valence-electron chi connectivity index (χ4n) is 2.87. The molecule has 1 aliphatic rings. The van der Waals surface area contributed by atoms with E-state index in [1.807, 2.05) is 0 Å². The van der Waals surface area contributed by atoms with Gasteiger partial charge in [0.25, 0.3) is 0 Å². The van der Waals surface area contributed by atoms with E-state index in [2.05, 4.69) is 67.7 Å². The highest BCUT2D eigenvalue weighted by Crippen LogP contribution is 2.41. The summed E-state index contributed by atoms with van der Waals surface area (Å²) < 4.78 is 0. The lowest BCUT2D eigenvalue weighted by atomic mass is 10.00. The standard InChI is InChI=1S/C19H23N/c1-14-7-6-10-18(15(14)2)13-20-19(17-11-12-17)16-8-4-3-5-9-16/h3-10,17,19-20H,11-13H2,1-2H3. The molecule has 0 radical (unpaired) electrons. The second-order valence-corrected chi connectivity index (χ2v) is 5.97. The average molecular weight is 265 g/mol. The van der Waals surface area contributed by atoms with E-state index in [9.17, 15) is 0 Å². The van der Waals surface area contributed by atoms with Crippen molar-refractivity contribution in [2.75, 3.05) is 0 Å². The maximum Gasteiger partial charge on any atom is 0.0351 e. The van der Waals surface area contributed by atoms with Crippen LogP contribution in [-0.2, 0) is 6.54 Å². The lowest BCUT2D eigenvalue weighted by molar-refractivity contribution is 0.479. The second kappa shape index (κ2) is 5.80. The lowest BCUT2D eigenvalue weighted by Crippen LogP contribution is -2.23. The summed E-state index contributed by atoms with van der Waals surface area (Å²) >= 11 is 0. The van der Waals surface area contributed by atoms with Crippen molar-refractivity contribution in [2.24, 2.45) is 5.92 Å². The van der Waals surface area contributed by atoms with Crippen molar-refractivity contribution in [1.29, 1.82) is 0 Å². The van der Waals surface area contributed by atoms with Crippen LogP contribution in [0.1, 0.15) is 41.1 Å². The minimum Gasteiger partial charge on any atom is -0.306 e. The SMILES string of the molecule is Cc1cccc(CNC(c2ccccc2)C2CC2)c1C. The third-order valence-electron chi connectivity index (χ3n) is 4.48. The molecule has 2 aromatic carbocycles. The second-order valence-electron chi connectivity index (χ2n) is 5.97. The predicted molar refractivity (Wildman–Crippen MR) is 84.7 cm³/mol. The zero-order chi connectivity index (χ0) is 13.9. The Morgan fingerprint density at radius 3 is 2.45 bits per heavy atom. The number of hydrogen-bond acceptors (Lipinski definition) is 1. The molecule has 20 heavy (non-hydrogen) atoms. The van der Waals surface area contributed by atoms with Gasteiger partial charge in [-0.25, -0.2) is 0 Å². The quantitative estimate of drug-likeness (QED) is 0.836. The molecule has 104 valence electrons. The van der Waals surface area contributed by atoms with Crippen LogP contribution in [0.25, 0.3) is 0 Å². The largest absolute Gasteiger partial charge is 0.306 e. The summed E-state index contributed by atoms with van der Waals surface area (Å²) in [6.07, 6.45) is 2.72. The molecule has 1 nitrogen and oxygen atoms in total. The van der Waals surface area contributed by atoms with Crippen LogP contribution in [0, 0.1) is 19.8 Å². The third-order valence-corrected chi connectivity index (χ3v) is 4.48. The number of rotatable bonds is 5. The highest BCUT2D eigenvalue weighted by Gasteiger charge is 2.31. The summed E-state index contributed by atoms with van der Waals surface area (Å²) in [6, 6.07) is 18.0. The van der Waals surface area contributed by atoms with Gasteiger partial charge in [0, 0.05) is 12.6 Å². The van der Waals surface area contributed by atoms with Gasteiger partial charge in [0.15, 0.2) is 0 Å². The van der Waals surface area contributed by atoms with E-state index in [0.717, 1.165) is 12.5 Å². The van der Waals surface area contributed by atoms with E-state index in [4.69, 9.17) is 0 Å². The van der Waals surface area contributed by atoms with Crippen molar-refractivity contribution >= 4 is 0 Å². The maximum absolute atomic E-state index is 3.78. The van der Waals surface area contributed by atoms with E-state index >= 15 is 0 Å². The van der Waals surface area contributed by atoms with Crippen LogP contribution in [0.5, 0.6) is 0 Å². The average Bonchev–Trinajstić information content (AvgIpc) is 3.29. The molecule has 1 fully saturated rings. The monoisotopic (exact) mass is 265 g/mol. The van der Waals surface area contributed by atoms with E-state index in [-0.39, 0.29) is 0 Å². The van der Waals surface area contributed by atoms with Crippen molar-refractivity contribution < 1.29 is 0 Å². The van der Waals surface area contributed by atoms with Crippen LogP contribution in [0.4, 0.5) is 0 Å². The molecule has 0 amide bonds. The highest BCUT2D eigenvalue weighted by molar-refractivity contribution is 5.33. The Bertz CT molecular complexity index is 570. The first-order chi connectivity index (χ1) is 9.75. The molecule has 1 aliphatic carbocycles. The first-order valence-corrected chi connectivity index (χ1v) is 7.59. The summed E-state index contributed by atoms with van der Waals surface area (Å²) in [4.78, 5) is 0. The highest BCUT2D eigenvalue weighted by atomic mass is 14.9. The van der Waals surface area contributed by atoms with Gasteiger partial charge in [-0.15, -0.1) is 0 Å². The Kier molecular flexibility index (Phi) is 3.88. The normalized spacial score (nSPS) is 16.1. The maximum atomic E-state index is 3.78. The van der Waals surface area contributed by atoms with Gasteiger partial charge in [-0.05, 0) is 54.9 Å². The summed E-state index contributed by atoms with van der Waals surface area (Å²) in [7, 11) is 0. The molecule has 1 saturated carbocycles. The first kappa shape index (κ1) is 13.4. The fraction of sp³-hybridized carbons (Fsp3) is 0.368. The first-order valence-electron chi connectivity index (χ1n) is 7.59. The molecule has 1 N–H and O–H groups in total. The van der Waals surface area contributed by atoms with Crippen LogP contribution in [-0.4, -0.2) is 0 Å².